The van der Waals surface area contributed by atoms with Crippen LogP contribution in [0, 0.1) is 0 Å². The third kappa shape index (κ3) is 6.09. The number of nitrogens with zero attached hydrogens (tertiary/aromatic N) is 4. The summed E-state index contributed by atoms with van der Waals surface area (Å²) in [6.45, 7) is 8.17. The molecule has 0 unspecified atom stereocenters. The number of nitrogens with one attached hydrogen (secondary N) is 2. The summed E-state index contributed by atoms with van der Waals surface area (Å²) in [4.78, 5) is 13.6. The number of benzene rings is 1. The monoisotopic (exact) mass is 396 g/mol. The van der Waals surface area contributed by atoms with Crippen LogP contribution >= 0.6 is 0 Å². The van der Waals surface area contributed by atoms with Gasteiger partial charge in [0.1, 0.15) is 11.6 Å². The van der Waals surface area contributed by atoms with Gasteiger partial charge in [0.25, 0.3) is 0 Å². The third-order valence-corrected chi connectivity index (χ3v) is 5.04. The molecule has 1 aliphatic rings. The van der Waals surface area contributed by atoms with Gasteiger partial charge in [0.2, 0.25) is 0 Å². The Bertz CT molecular complexity index is 801. The molecule has 7 nitrogen and oxygen atoms in total. The summed E-state index contributed by atoms with van der Waals surface area (Å²) >= 11 is 0. The highest BCUT2D eigenvalue weighted by molar-refractivity contribution is 5.79. The molecule has 1 aliphatic heterocycles. The molecule has 29 heavy (non-hydrogen) atoms. The van der Waals surface area contributed by atoms with Gasteiger partial charge < -0.3 is 25.2 Å². The van der Waals surface area contributed by atoms with E-state index in [1.54, 1.807) is 7.05 Å². The van der Waals surface area contributed by atoms with Crippen LogP contribution in [0.25, 0.3) is 0 Å². The fourth-order valence-electron chi connectivity index (χ4n) is 3.31. The summed E-state index contributed by atoms with van der Waals surface area (Å²) in [6.07, 6.45) is 1.89. The van der Waals surface area contributed by atoms with Gasteiger partial charge in [-0.1, -0.05) is 18.2 Å². The molecule has 7 heteroatoms. The molecule has 0 spiro atoms. The molecule has 2 heterocycles. The number of aliphatic imine (C=N–C) groups is 1. The molecule has 0 radical (unpaired) electrons. The van der Waals surface area contributed by atoms with Gasteiger partial charge in [-0.3, -0.25) is 4.99 Å². The van der Waals surface area contributed by atoms with Gasteiger partial charge in [-0.25, -0.2) is 4.98 Å². The normalized spacial score (nSPS) is 15.3. The maximum absolute atomic E-state index is 5.69. The first-order valence-electron chi connectivity index (χ1n) is 10.2. The lowest BCUT2D eigenvalue weighted by atomic mass is 10.2. The molecule has 0 atom stereocenters. The van der Waals surface area contributed by atoms with Gasteiger partial charge in [0.05, 0.1) is 6.61 Å². The molecule has 2 aromatic rings. The van der Waals surface area contributed by atoms with Crippen LogP contribution in [0.15, 0.2) is 47.6 Å². The van der Waals surface area contributed by atoms with Crippen LogP contribution in [0.5, 0.6) is 5.75 Å². The number of para-hydroxylation sites is 1. The number of guanidine groups is 1. The van der Waals surface area contributed by atoms with Crippen LogP contribution in [0.1, 0.15) is 18.1 Å². The molecule has 1 aromatic heterocycles. The molecule has 3 rings (SSSR count). The third-order valence-electron chi connectivity index (χ3n) is 5.04. The van der Waals surface area contributed by atoms with Crippen molar-refractivity contribution < 1.29 is 4.74 Å². The highest BCUT2D eigenvalue weighted by Gasteiger charge is 2.15. The number of rotatable bonds is 7. The minimum atomic E-state index is 0.652. The standard InChI is InChI=1S/C22H32N6O/c1-4-29-20-8-6-5-7-19(20)17-26-22(23-2)25-16-18-9-10-24-21(15-18)28-13-11-27(3)12-14-28/h5-10,15H,4,11-14,16-17H2,1-3H3,(H2,23,25,26). The number of hydrogen-bond acceptors (Lipinski definition) is 5. The number of hydrogen-bond donors (Lipinski definition) is 2. The summed E-state index contributed by atoms with van der Waals surface area (Å²) in [6, 6.07) is 12.3. The average Bonchev–Trinajstić information content (AvgIpc) is 2.76. The van der Waals surface area contributed by atoms with Crippen LogP contribution in [0.3, 0.4) is 0 Å². The van der Waals surface area contributed by atoms with Crippen molar-refractivity contribution in [2.75, 3.05) is 51.8 Å². The van der Waals surface area contributed by atoms with E-state index in [-0.39, 0.29) is 0 Å². The lowest BCUT2D eigenvalue weighted by Gasteiger charge is -2.33. The van der Waals surface area contributed by atoms with E-state index >= 15 is 0 Å². The number of ether oxygens (including phenoxy) is 1. The zero-order chi connectivity index (χ0) is 20.5. The molecule has 0 amide bonds. The molecular formula is C22H32N6O. The van der Waals surface area contributed by atoms with Gasteiger partial charge in [-0.2, -0.15) is 0 Å². The van der Waals surface area contributed by atoms with Crippen molar-refractivity contribution in [2.45, 2.75) is 20.0 Å². The summed E-state index contributed by atoms with van der Waals surface area (Å²) in [5.74, 6) is 2.71. The maximum atomic E-state index is 5.69. The number of likely N-dealkylation sites (N-methyl/N-ethyl adjacent to an activating group) is 1. The van der Waals surface area contributed by atoms with E-state index in [0.717, 1.165) is 49.3 Å². The summed E-state index contributed by atoms with van der Waals surface area (Å²) in [7, 11) is 3.95. The summed E-state index contributed by atoms with van der Waals surface area (Å²) in [5.41, 5.74) is 2.30. The van der Waals surface area contributed by atoms with E-state index in [0.29, 0.717) is 19.7 Å². The Labute approximate surface area is 173 Å². The van der Waals surface area contributed by atoms with Crippen molar-refractivity contribution in [1.82, 2.24) is 20.5 Å². The van der Waals surface area contributed by atoms with Crippen LogP contribution < -0.4 is 20.3 Å². The summed E-state index contributed by atoms with van der Waals surface area (Å²) in [5, 5.41) is 6.75. The molecule has 156 valence electrons. The highest BCUT2D eigenvalue weighted by Crippen LogP contribution is 2.17. The first-order valence-corrected chi connectivity index (χ1v) is 10.2. The minimum Gasteiger partial charge on any atom is -0.494 e. The number of piperazine rings is 1. The predicted molar refractivity (Wildman–Crippen MR) is 119 cm³/mol. The molecule has 0 aliphatic carbocycles. The van der Waals surface area contributed by atoms with Crippen LogP contribution in [-0.2, 0) is 13.1 Å². The molecule has 2 N–H and O–H groups in total. The molecule has 1 aromatic carbocycles. The van der Waals surface area contributed by atoms with Gasteiger partial charge in [-0.05, 0) is 37.7 Å². The van der Waals surface area contributed by atoms with Crippen LogP contribution in [0.2, 0.25) is 0 Å². The largest absolute Gasteiger partial charge is 0.494 e. The zero-order valence-corrected chi connectivity index (χ0v) is 17.7. The molecule has 1 saturated heterocycles. The van der Waals surface area contributed by atoms with Crippen LogP contribution in [-0.4, -0.2) is 62.7 Å². The Morgan fingerprint density at radius 2 is 1.86 bits per heavy atom. The van der Waals surface area contributed by atoms with Crippen molar-refractivity contribution >= 4 is 11.8 Å². The fraction of sp³-hybridized carbons (Fsp3) is 0.455. The van der Waals surface area contributed by atoms with Crippen molar-refractivity contribution in [3.63, 3.8) is 0 Å². The molecular weight excluding hydrogens is 364 g/mol. The van der Waals surface area contributed by atoms with Gasteiger partial charge in [0, 0.05) is 58.1 Å². The fourth-order valence-corrected chi connectivity index (χ4v) is 3.31. The second kappa shape index (κ2) is 10.7. The van der Waals surface area contributed by atoms with E-state index in [9.17, 15) is 0 Å². The average molecular weight is 397 g/mol. The van der Waals surface area contributed by atoms with Crippen molar-refractivity contribution in [3.05, 3.63) is 53.7 Å². The first-order chi connectivity index (χ1) is 14.2. The van der Waals surface area contributed by atoms with E-state index < -0.39 is 0 Å². The Balaban J connectivity index is 1.54. The highest BCUT2D eigenvalue weighted by atomic mass is 16.5. The molecule has 0 bridgehead atoms. The smallest absolute Gasteiger partial charge is 0.191 e. The Kier molecular flexibility index (Phi) is 7.69. The van der Waals surface area contributed by atoms with Crippen LogP contribution in [0.4, 0.5) is 5.82 Å². The number of pyridine rings is 1. The van der Waals surface area contributed by atoms with E-state index in [4.69, 9.17) is 4.74 Å². The maximum Gasteiger partial charge on any atom is 0.191 e. The quantitative estimate of drug-likeness (QED) is 0.552. The first kappa shape index (κ1) is 20.9. The van der Waals surface area contributed by atoms with Gasteiger partial charge in [-0.15, -0.1) is 0 Å². The van der Waals surface area contributed by atoms with E-state index in [2.05, 4.69) is 49.6 Å². The lowest BCUT2D eigenvalue weighted by Crippen LogP contribution is -2.44. The van der Waals surface area contributed by atoms with E-state index in [1.807, 2.05) is 37.4 Å². The summed E-state index contributed by atoms with van der Waals surface area (Å²) < 4.78 is 5.69. The predicted octanol–water partition coefficient (Wildman–Crippen LogP) is 2.10. The Hall–Kier alpha value is -2.80. The van der Waals surface area contributed by atoms with Crippen molar-refractivity contribution in [2.24, 2.45) is 4.99 Å². The molecule has 1 fully saturated rings. The second-order valence-corrected chi connectivity index (χ2v) is 7.13. The number of anilines is 1. The van der Waals surface area contributed by atoms with Gasteiger partial charge >= 0.3 is 0 Å². The Morgan fingerprint density at radius 3 is 2.62 bits per heavy atom. The zero-order valence-electron chi connectivity index (χ0n) is 17.7. The minimum absolute atomic E-state index is 0.652. The van der Waals surface area contributed by atoms with E-state index in [1.165, 1.54) is 5.56 Å². The van der Waals surface area contributed by atoms with Crippen molar-refractivity contribution in [1.29, 1.82) is 0 Å². The SMILES string of the molecule is CCOc1ccccc1CNC(=NC)NCc1ccnc(N2CCN(C)CC2)c1. The lowest BCUT2D eigenvalue weighted by molar-refractivity contribution is 0.312. The van der Waals surface area contributed by atoms with Gasteiger partial charge in [0.15, 0.2) is 5.96 Å². The molecule has 0 saturated carbocycles. The Morgan fingerprint density at radius 1 is 1.10 bits per heavy atom. The van der Waals surface area contributed by atoms with Crippen molar-refractivity contribution in [3.8, 4) is 5.75 Å². The second-order valence-electron chi connectivity index (χ2n) is 7.13. The topological polar surface area (TPSA) is 65.0 Å². The number of aromatic nitrogens is 1.